The Morgan fingerprint density at radius 1 is 1.41 bits per heavy atom. The number of hydrogen-bond donors (Lipinski definition) is 1. The van der Waals surface area contributed by atoms with Crippen molar-refractivity contribution >= 4 is 5.82 Å². The van der Waals surface area contributed by atoms with E-state index < -0.39 is 11.9 Å². The van der Waals surface area contributed by atoms with Crippen molar-refractivity contribution in [2.75, 3.05) is 24.6 Å². The van der Waals surface area contributed by atoms with Crippen LogP contribution in [0.5, 0.6) is 0 Å². The molecular weight excluding hydrogens is 233 g/mol. The summed E-state index contributed by atoms with van der Waals surface area (Å²) in [6.45, 7) is 1.26. The van der Waals surface area contributed by atoms with E-state index in [0.717, 1.165) is 12.5 Å². The minimum Gasteiger partial charge on any atom is -0.396 e. The molecule has 6 heteroatoms. The lowest BCUT2D eigenvalue weighted by Gasteiger charge is -2.18. The van der Waals surface area contributed by atoms with Crippen molar-refractivity contribution in [1.82, 2.24) is 4.98 Å². The molecule has 1 aliphatic rings. The van der Waals surface area contributed by atoms with Crippen LogP contribution in [0.25, 0.3) is 0 Å². The highest BCUT2D eigenvalue weighted by Gasteiger charge is 2.33. The van der Waals surface area contributed by atoms with Gasteiger partial charge in [0.2, 0.25) is 0 Å². The molecule has 17 heavy (non-hydrogen) atoms. The molecule has 0 radical (unpaired) electrons. The fourth-order valence-corrected chi connectivity index (χ4v) is 1.95. The third-order valence-corrected chi connectivity index (χ3v) is 2.89. The molecule has 2 heterocycles. The molecular formula is C11H13F3N2O. The Kier molecular flexibility index (Phi) is 3.24. The first kappa shape index (κ1) is 12.2. The van der Waals surface area contributed by atoms with Gasteiger partial charge in [-0.3, -0.25) is 0 Å². The van der Waals surface area contributed by atoms with Gasteiger partial charge in [0.25, 0.3) is 0 Å². The first-order valence-corrected chi connectivity index (χ1v) is 5.41. The summed E-state index contributed by atoms with van der Waals surface area (Å²) in [5, 5.41) is 8.99. The summed E-state index contributed by atoms with van der Waals surface area (Å²) in [4.78, 5) is 5.39. The van der Waals surface area contributed by atoms with Crippen molar-refractivity contribution in [3.63, 3.8) is 0 Å². The number of alkyl halides is 3. The Bertz CT molecular complexity index is 395. The van der Waals surface area contributed by atoms with Crippen LogP contribution in [0.4, 0.5) is 19.0 Å². The fourth-order valence-electron chi connectivity index (χ4n) is 1.95. The van der Waals surface area contributed by atoms with Crippen LogP contribution in [0, 0.1) is 5.92 Å². The van der Waals surface area contributed by atoms with Crippen molar-refractivity contribution in [2.45, 2.75) is 12.6 Å². The van der Waals surface area contributed by atoms with E-state index in [4.69, 9.17) is 5.11 Å². The topological polar surface area (TPSA) is 36.4 Å². The van der Waals surface area contributed by atoms with Gasteiger partial charge in [0.1, 0.15) is 11.5 Å². The number of nitrogens with zero attached hydrogens (tertiary/aromatic N) is 2. The highest BCUT2D eigenvalue weighted by atomic mass is 19.4. The van der Waals surface area contributed by atoms with Crippen molar-refractivity contribution in [3.05, 3.63) is 23.9 Å². The van der Waals surface area contributed by atoms with Crippen LogP contribution in [0.15, 0.2) is 18.2 Å². The van der Waals surface area contributed by atoms with E-state index in [1.54, 1.807) is 11.0 Å². The summed E-state index contributed by atoms with van der Waals surface area (Å²) in [6, 6.07) is 3.88. The molecule has 1 atom stereocenters. The third-order valence-electron chi connectivity index (χ3n) is 2.89. The van der Waals surface area contributed by atoms with Gasteiger partial charge >= 0.3 is 6.18 Å². The molecule has 0 aliphatic carbocycles. The summed E-state index contributed by atoms with van der Waals surface area (Å²) in [5.41, 5.74) is -0.873. The van der Waals surface area contributed by atoms with Crippen LogP contribution < -0.4 is 4.90 Å². The van der Waals surface area contributed by atoms with E-state index in [0.29, 0.717) is 18.9 Å². The van der Waals surface area contributed by atoms with Gasteiger partial charge in [-0.15, -0.1) is 0 Å². The molecule has 1 unspecified atom stereocenters. The minimum absolute atomic E-state index is 0.0649. The Hall–Kier alpha value is -1.30. The van der Waals surface area contributed by atoms with Crippen LogP contribution >= 0.6 is 0 Å². The van der Waals surface area contributed by atoms with E-state index >= 15 is 0 Å². The average molecular weight is 246 g/mol. The monoisotopic (exact) mass is 246 g/mol. The standard InChI is InChI=1S/C11H13F3N2O/c12-11(13,14)9-2-1-3-10(15-9)16-5-4-8(6-16)7-17/h1-3,8,17H,4-7H2. The van der Waals surface area contributed by atoms with Crippen LogP contribution in [0.2, 0.25) is 0 Å². The SMILES string of the molecule is OCC1CCN(c2cccc(C(F)(F)F)n2)C1. The zero-order valence-corrected chi connectivity index (χ0v) is 9.11. The molecule has 1 aliphatic heterocycles. The maximum Gasteiger partial charge on any atom is 0.433 e. The lowest BCUT2D eigenvalue weighted by Crippen LogP contribution is -2.22. The van der Waals surface area contributed by atoms with Gasteiger partial charge in [0.15, 0.2) is 0 Å². The van der Waals surface area contributed by atoms with Crippen LogP contribution in [-0.4, -0.2) is 29.8 Å². The van der Waals surface area contributed by atoms with Gasteiger partial charge in [-0.25, -0.2) is 4.98 Å². The number of pyridine rings is 1. The van der Waals surface area contributed by atoms with Crippen molar-refractivity contribution in [2.24, 2.45) is 5.92 Å². The largest absolute Gasteiger partial charge is 0.433 e. The molecule has 3 nitrogen and oxygen atoms in total. The van der Waals surface area contributed by atoms with Gasteiger partial charge in [0, 0.05) is 25.6 Å². The molecule has 0 bridgehead atoms. The first-order chi connectivity index (χ1) is 8.00. The second-order valence-corrected chi connectivity index (χ2v) is 4.16. The smallest absolute Gasteiger partial charge is 0.396 e. The number of hydrogen-bond acceptors (Lipinski definition) is 3. The average Bonchev–Trinajstić information content (AvgIpc) is 2.76. The lowest BCUT2D eigenvalue weighted by atomic mass is 10.1. The highest BCUT2D eigenvalue weighted by Crippen LogP contribution is 2.30. The van der Waals surface area contributed by atoms with Gasteiger partial charge < -0.3 is 10.0 Å². The summed E-state index contributed by atoms with van der Waals surface area (Å²) < 4.78 is 37.4. The minimum atomic E-state index is -4.41. The second-order valence-electron chi connectivity index (χ2n) is 4.16. The summed E-state index contributed by atoms with van der Waals surface area (Å²) in [5.74, 6) is 0.460. The normalized spacial score (nSPS) is 20.9. The predicted octanol–water partition coefficient (Wildman–Crippen LogP) is 1.92. The third kappa shape index (κ3) is 2.69. The van der Waals surface area contributed by atoms with E-state index in [2.05, 4.69) is 4.98 Å². The van der Waals surface area contributed by atoms with Gasteiger partial charge in [0.05, 0.1) is 0 Å². The molecule has 0 aromatic carbocycles. The summed E-state index contributed by atoms with van der Waals surface area (Å²) in [6.07, 6.45) is -3.62. The van der Waals surface area contributed by atoms with E-state index in [9.17, 15) is 13.2 Å². The van der Waals surface area contributed by atoms with Crippen molar-refractivity contribution in [1.29, 1.82) is 0 Å². The second kappa shape index (κ2) is 4.52. The summed E-state index contributed by atoms with van der Waals surface area (Å²) in [7, 11) is 0. The highest BCUT2D eigenvalue weighted by molar-refractivity contribution is 5.40. The Labute approximate surface area is 96.9 Å². The molecule has 1 N–H and O–H groups in total. The Balaban J connectivity index is 2.17. The zero-order valence-electron chi connectivity index (χ0n) is 9.11. The molecule has 0 amide bonds. The molecule has 0 saturated carbocycles. The van der Waals surface area contributed by atoms with Gasteiger partial charge in [-0.05, 0) is 18.6 Å². The molecule has 1 fully saturated rings. The van der Waals surface area contributed by atoms with E-state index in [-0.39, 0.29) is 12.5 Å². The van der Waals surface area contributed by atoms with Gasteiger partial charge in [-0.2, -0.15) is 13.2 Å². The summed E-state index contributed by atoms with van der Waals surface area (Å²) >= 11 is 0. The molecule has 1 saturated heterocycles. The molecule has 1 aromatic rings. The zero-order chi connectivity index (χ0) is 12.5. The maximum absolute atomic E-state index is 12.5. The number of aliphatic hydroxyl groups is 1. The number of aromatic nitrogens is 1. The van der Waals surface area contributed by atoms with E-state index in [1.807, 2.05) is 0 Å². The van der Waals surface area contributed by atoms with Crippen LogP contribution in [-0.2, 0) is 6.18 Å². The maximum atomic E-state index is 12.5. The lowest BCUT2D eigenvalue weighted by molar-refractivity contribution is -0.141. The molecule has 1 aromatic heterocycles. The first-order valence-electron chi connectivity index (χ1n) is 5.41. The quantitative estimate of drug-likeness (QED) is 0.866. The van der Waals surface area contributed by atoms with Crippen molar-refractivity contribution in [3.8, 4) is 0 Å². The van der Waals surface area contributed by atoms with Crippen LogP contribution in [0.3, 0.4) is 0 Å². The molecule has 2 rings (SSSR count). The number of anilines is 1. The van der Waals surface area contributed by atoms with Crippen LogP contribution in [0.1, 0.15) is 12.1 Å². The number of halogens is 3. The van der Waals surface area contributed by atoms with Gasteiger partial charge in [-0.1, -0.05) is 6.07 Å². The Morgan fingerprint density at radius 3 is 2.76 bits per heavy atom. The number of aliphatic hydroxyl groups excluding tert-OH is 1. The molecule has 94 valence electrons. The molecule has 0 spiro atoms. The number of rotatable bonds is 2. The predicted molar refractivity (Wildman–Crippen MR) is 56.6 cm³/mol. The fraction of sp³-hybridized carbons (Fsp3) is 0.545. The Morgan fingerprint density at radius 2 is 2.18 bits per heavy atom. The van der Waals surface area contributed by atoms with Crippen molar-refractivity contribution < 1.29 is 18.3 Å². The van der Waals surface area contributed by atoms with E-state index in [1.165, 1.54) is 6.07 Å².